The molecule has 0 rings (SSSR count). The summed E-state index contributed by atoms with van der Waals surface area (Å²) in [7, 11) is -9.90. The summed E-state index contributed by atoms with van der Waals surface area (Å²) in [6.07, 6.45) is 58.8. The fourth-order valence-corrected chi connectivity index (χ4v) is 13.6. The molecule has 0 saturated heterocycles. The van der Waals surface area contributed by atoms with Gasteiger partial charge in [0.2, 0.25) is 0 Å². The second-order valence-electron chi connectivity index (χ2n) is 29.1. The van der Waals surface area contributed by atoms with Crippen LogP contribution in [0.5, 0.6) is 0 Å². The Kier molecular flexibility index (Phi) is 68.4. The number of ether oxygens (including phenoxy) is 4. The minimum absolute atomic E-state index is 0.106. The molecule has 5 atom stereocenters. The predicted molar refractivity (Wildman–Crippen MR) is 395 cm³/mol. The molecule has 0 amide bonds. The van der Waals surface area contributed by atoms with Crippen LogP contribution in [0.2, 0.25) is 0 Å². The molecule has 0 aromatic rings. The normalized spacial score (nSPS) is 14.0. The SMILES string of the molecule is CCCCCCCCCCCCCCCCCCCCCCCCC(=O)O[C@H](COC(=O)CCCCCCCCCCCCCCC(C)C)COP(=O)(O)OC[C@@H](O)COP(=O)(O)OC[C@@H](COC(=O)CCCCCCC)OC(=O)CCCCCCCCCCCCCCC(C)C. The van der Waals surface area contributed by atoms with Crippen LogP contribution in [0.15, 0.2) is 0 Å². The molecular formula is C78H152O17P2. The largest absolute Gasteiger partial charge is 0.472 e. The van der Waals surface area contributed by atoms with Crippen LogP contribution in [0.4, 0.5) is 0 Å². The Morgan fingerprint density at radius 3 is 0.701 bits per heavy atom. The van der Waals surface area contributed by atoms with Crippen molar-refractivity contribution in [3.05, 3.63) is 0 Å². The number of phosphoric acid groups is 2. The van der Waals surface area contributed by atoms with Crippen molar-refractivity contribution in [1.82, 2.24) is 0 Å². The summed E-state index contributed by atoms with van der Waals surface area (Å²) in [5, 5.41) is 10.6. The first kappa shape index (κ1) is 95.1. The van der Waals surface area contributed by atoms with Crippen LogP contribution in [-0.2, 0) is 65.4 Å². The molecule has 0 fully saturated rings. The number of unbranched alkanes of at least 4 members (excludes halogenated alkanes) is 47. The summed E-state index contributed by atoms with van der Waals surface area (Å²) in [5.74, 6) is -0.567. The van der Waals surface area contributed by atoms with E-state index in [2.05, 4.69) is 41.5 Å². The van der Waals surface area contributed by atoms with E-state index >= 15 is 0 Å². The number of carbonyl (C=O) groups is 4. The Morgan fingerprint density at radius 1 is 0.278 bits per heavy atom. The van der Waals surface area contributed by atoms with E-state index in [1.165, 1.54) is 218 Å². The molecular weight excluding hydrogens is 1270 g/mol. The summed E-state index contributed by atoms with van der Waals surface area (Å²) in [6.45, 7) is 9.54. The van der Waals surface area contributed by atoms with Gasteiger partial charge in [-0.15, -0.1) is 0 Å². The predicted octanol–water partition coefficient (Wildman–Crippen LogP) is 23.1. The Hall–Kier alpha value is -1.94. The molecule has 0 aliphatic carbocycles. The molecule has 576 valence electrons. The molecule has 0 spiro atoms. The van der Waals surface area contributed by atoms with Gasteiger partial charge in [0.05, 0.1) is 26.4 Å². The van der Waals surface area contributed by atoms with E-state index in [4.69, 9.17) is 37.0 Å². The maximum atomic E-state index is 13.1. The molecule has 0 aliphatic rings. The molecule has 0 heterocycles. The Morgan fingerprint density at radius 2 is 0.474 bits per heavy atom. The summed E-state index contributed by atoms with van der Waals surface area (Å²) < 4.78 is 68.4. The number of rotatable bonds is 77. The van der Waals surface area contributed by atoms with E-state index in [-0.39, 0.29) is 25.7 Å². The van der Waals surface area contributed by atoms with Crippen LogP contribution in [-0.4, -0.2) is 96.7 Å². The lowest BCUT2D eigenvalue weighted by Gasteiger charge is -2.21. The fraction of sp³-hybridized carbons (Fsp3) is 0.949. The van der Waals surface area contributed by atoms with Crippen LogP contribution in [0.1, 0.15) is 408 Å². The number of hydrogen-bond acceptors (Lipinski definition) is 15. The quantitative estimate of drug-likeness (QED) is 0.0222. The van der Waals surface area contributed by atoms with Crippen molar-refractivity contribution in [2.45, 2.75) is 426 Å². The van der Waals surface area contributed by atoms with Crippen LogP contribution in [0.25, 0.3) is 0 Å². The highest BCUT2D eigenvalue weighted by atomic mass is 31.2. The van der Waals surface area contributed by atoms with Crippen molar-refractivity contribution < 1.29 is 80.2 Å². The van der Waals surface area contributed by atoms with Gasteiger partial charge >= 0.3 is 39.5 Å². The van der Waals surface area contributed by atoms with Gasteiger partial charge in [-0.1, -0.05) is 356 Å². The van der Waals surface area contributed by atoms with E-state index in [1.54, 1.807) is 0 Å². The Bertz CT molecular complexity index is 1870. The average Bonchev–Trinajstić information content (AvgIpc) is 1.34. The van der Waals surface area contributed by atoms with Gasteiger partial charge in [-0.05, 0) is 37.5 Å². The van der Waals surface area contributed by atoms with Gasteiger partial charge in [-0.2, -0.15) is 0 Å². The van der Waals surface area contributed by atoms with E-state index in [1.807, 2.05) is 0 Å². The van der Waals surface area contributed by atoms with Crippen molar-refractivity contribution in [3.63, 3.8) is 0 Å². The summed E-state index contributed by atoms with van der Waals surface area (Å²) in [4.78, 5) is 72.6. The third kappa shape index (κ3) is 72.2. The Labute approximate surface area is 594 Å². The maximum Gasteiger partial charge on any atom is 0.472 e. The van der Waals surface area contributed by atoms with Crippen LogP contribution < -0.4 is 0 Å². The molecule has 2 unspecified atom stereocenters. The third-order valence-corrected chi connectivity index (χ3v) is 20.1. The van der Waals surface area contributed by atoms with Crippen LogP contribution in [0, 0.1) is 11.8 Å². The van der Waals surface area contributed by atoms with Crippen molar-refractivity contribution in [3.8, 4) is 0 Å². The molecule has 0 bridgehead atoms. The number of phosphoric ester groups is 2. The fourth-order valence-electron chi connectivity index (χ4n) is 12.0. The second-order valence-corrected chi connectivity index (χ2v) is 32.0. The van der Waals surface area contributed by atoms with E-state index in [0.717, 1.165) is 108 Å². The van der Waals surface area contributed by atoms with Gasteiger partial charge in [-0.25, -0.2) is 9.13 Å². The van der Waals surface area contributed by atoms with Crippen molar-refractivity contribution in [2.24, 2.45) is 11.8 Å². The van der Waals surface area contributed by atoms with E-state index in [9.17, 15) is 43.2 Å². The number of esters is 4. The minimum Gasteiger partial charge on any atom is -0.462 e. The molecule has 0 aromatic carbocycles. The van der Waals surface area contributed by atoms with E-state index in [0.29, 0.717) is 25.7 Å². The summed E-state index contributed by atoms with van der Waals surface area (Å²) in [5.41, 5.74) is 0. The molecule has 3 N–H and O–H groups in total. The summed E-state index contributed by atoms with van der Waals surface area (Å²) in [6, 6.07) is 0. The van der Waals surface area contributed by atoms with Gasteiger partial charge in [-0.3, -0.25) is 37.3 Å². The first-order valence-electron chi connectivity index (χ1n) is 40.5. The van der Waals surface area contributed by atoms with E-state index < -0.39 is 97.5 Å². The maximum absolute atomic E-state index is 13.1. The smallest absolute Gasteiger partial charge is 0.462 e. The van der Waals surface area contributed by atoms with Crippen LogP contribution in [0.3, 0.4) is 0 Å². The van der Waals surface area contributed by atoms with Gasteiger partial charge in [0, 0.05) is 25.7 Å². The third-order valence-electron chi connectivity index (χ3n) is 18.2. The highest BCUT2D eigenvalue weighted by Crippen LogP contribution is 2.45. The first-order valence-corrected chi connectivity index (χ1v) is 43.5. The molecule has 19 heteroatoms. The highest BCUT2D eigenvalue weighted by molar-refractivity contribution is 7.47. The zero-order valence-electron chi connectivity index (χ0n) is 63.4. The molecule has 0 radical (unpaired) electrons. The van der Waals surface area contributed by atoms with Gasteiger partial charge in [0.25, 0.3) is 0 Å². The van der Waals surface area contributed by atoms with Crippen molar-refractivity contribution in [2.75, 3.05) is 39.6 Å². The number of carbonyl (C=O) groups excluding carboxylic acids is 4. The van der Waals surface area contributed by atoms with Gasteiger partial charge in [0.15, 0.2) is 12.2 Å². The van der Waals surface area contributed by atoms with Crippen molar-refractivity contribution >= 4 is 39.5 Å². The second kappa shape index (κ2) is 69.8. The number of aliphatic hydroxyl groups is 1. The highest BCUT2D eigenvalue weighted by Gasteiger charge is 2.30. The molecule has 97 heavy (non-hydrogen) atoms. The zero-order chi connectivity index (χ0) is 71.4. The topological polar surface area (TPSA) is 237 Å². The number of aliphatic hydroxyl groups excluding tert-OH is 1. The monoisotopic (exact) mass is 1420 g/mol. The zero-order valence-corrected chi connectivity index (χ0v) is 65.2. The Balaban J connectivity index is 5.11. The molecule has 17 nitrogen and oxygen atoms in total. The van der Waals surface area contributed by atoms with Gasteiger partial charge < -0.3 is 33.8 Å². The van der Waals surface area contributed by atoms with Crippen LogP contribution >= 0.6 is 15.6 Å². The molecule has 0 aliphatic heterocycles. The molecule has 0 saturated carbocycles. The number of hydrogen-bond donors (Lipinski definition) is 3. The van der Waals surface area contributed by atoms with Crippen molar-refractivity contribution in [1.29, 1.82) is 0 Å². The minimum atomic E-state index is -4.96. The lowest BCUT2D eigenvalue weighted by Crippen LogP contribution is -2.30. The molecule has 0 aromatic heterocycles. The van der Waals surface area contributed by atoms with Gasteiger partial charge in [0.1, 0.15) is 19.3 Å². The lowest BCUT2D eigenvalue weighted by molar-refractivity contribution is -0.161. The first-order chi connectivity index (χ1) is 46.9. The standard InChI is InChI=1S/C78H152O17P2/c1-7-9-11-13-14-15-16-17-18-19-20-21-22-23-24-25-26-34-39-44-50-56-63-78(83)95-74(67-89-76(81)61-55-49-43-38-33-29-27-31-36-41-47-52-58-70(3)4)69-93-97(86,87)91-65-72(79)64-90-96(84,85)92-68-73(66-88-75(80)60-54-46-12-10-8-2)94-77(82)62-57-51-45-40-35-30-28-32-37-42-48-53-59-71(5)6/h70-74,79H,7-69H2,1-6H3,(H,84,85)(H,86,87)/t72-,73+,74+/m0/s1. The lowest BCUT2D eigenvalue weighted by atomic mass is 10.0. The average molecular weight is 1420 g/mol. The summed E-state index contributed by atoms with van der Waals surface area (Å²) >= 11 is 0.